The summed E-state index contributed by atoms with van der Waals surface area (Å²) in [5.41, 5.74) is 2.15. The van der Waals surface area contributed by atoms with Gasteiger partial charge in [0.15, 0.2) is 0 Å². The molecular weight excluding hydrogens is 388 g/mol. The zero-order valence-corrected chi connectivity index (χ0v) is 22.5. The van der Waals surface area contributed by atoms with Gasteiger partial charge >= 0.3 is 0 Å². The summed E-state index contributed by atoms with van der Waals surface area (Å²) >= 11 is 0. The van der Waals surface area contributed by atoms with Gasteiger partial charge in [-0.25, -0.2) is 0 Å². The van der Waals surface area contributed by atoms with Crippen molar-refractivity contribution in [3.8, 4) is 0 Å². The Morgan fingerprint density at radius 1 is 1.06 bits per heavy atom. The Morgan fingerprint density at radius 3 is 2.50 bits per heavy atom. The summed E-state index contributed by atoms with van der Waals surface area (Å²) in [6, 6.07) is 0. The number of hydrogen-bond acceptors (Lipinski definition) is 1. The van der Waals surface area contributed by atoms with Crippen LogP contribution in [0.25, 0.3) is 0 Å². The summed E-state index contributed by atoms with van der Waals surface area (Å²) < 4.78 is 0. The largest absolute Gasteiger partial charge is 0.393 e. The molecule has 3 rings (SSSR count). The van der Waals surface area contributed by atoms with Crippen molar-refractivity contribution in [1.82, 2.24) is 0 Å². The molecule has 2 saturated carbocycles. The second-order valence-corrected chi connectivity index (χ2v) is 13.7. The fourth-order valence-electron chi connectivity index (χ4n) is 7.69. The first-order chi connectivity index (χ1) is 15.2. The Hall–Kier alpha value is -0.300. The molecule has 0 bridgehead atoms. The van der Waals surface area contributed by atoms with Crippen LogP contribution in [0.1, 0.15) is 131 Å². The van der Waals surface area contributed by atoms with E-state index < -0.39 is 0 Å². The molecular formula is C31H56O. The summed E-state index contributed by atoms with van der Waals surface area (Å²) in [6.07, 6.45) is 21.1. The molecule has 0 amide bonds. The predicted octanol–water partition coefficient (Wildman–Crippen LogP) is 9.20. The molecule has 0 heterocycles. The van der Waals surface area contributed by atoms with Gasteiger partial charge in [-0.2, -0.15) is 0 Å². The normalized spacial score (nSPS) is 35.3. The van der Waals surface area contributed by atoms with Crippen LogP contribution in [0.2, 0.25) is 0 Å². The van der Waals surface area contributed by atoms with Crippen LogP contribution >= 0.6 is 0 Å². The SMILES string of the molecule is CCCCC[C@H](C)C1CC(C2=CCC(CC(O)CCC(C)(C)C)CC2)C[C@H]2C[C@@H](C)CC12. The lowest BCUT2D eigenvalue weighted by molar-refractivity contribution is 0.0913. The van der Waals surface area contributed by atoms with Gasteiger partial charge in [0, 0.05) is 0 Å². The number of aliphatic hydroxyl groups is 1. The molecule has 0 radical (unpaired) electrons. The van der Waals surface area contributed by atoms with Gasteiger partial charge in [0.1, 0.15) is 0 Å². The molecule has 0 aromatic rings. The molecule has 5 unspecified atom stereocenters. The first kappa shape index (κ1) is 26.3. The molecule has 0 saturated heterocycles. The number of rotatable bonds is 10. The molecule has 8 atom stereocenters. The number of fused-ring (bicyclic) bond motifs is 1. The standard InChI is InChI=1S/C31H56O/c1-7-8-9-10-23(3)29-21-26(20-27-17-22(2)18-30(27)29)25-13-11-24(12-14-25)19-28(32)15-16-31(4,5)6/h13,22-24,26-30,32H,7-12,14-21H2,1-6H3/t22-,23+,24?,26?,27-,28?,29?,30?/m1/s1. The molecule has 1 heteroatoms. The highest BCUT2D eigenvalue weighted by Crippen LogP contribution is 2.54. The lowest BCUT2D eigenvalue weighted by atomic mass is 9.62. The molecule has 0 spiro atoms. The minimum absolute atomic E-state index is 0.0991. The van der Waals surface area contributed by atoms with Crippen LogP contribution < -0.4 is 0 Å². The van der Waals surface area contributed by atoms with Gasteiger partial charge in [-0.05, 0) is 111 Å². The number of allylic oxidation sites excluding steroid dienone is 2. The minimum Gasteiger partial charge on any atom is -0.393 e. The van der Waals surface area contributed by atoms with E-state index in [4.69, 9.17) is 0 Å². The molecule has 32 heavy (non-hydrogen) atoms. The topological polar surface area (TPSA) is 20.2 Å². The highest BCUT2D eigenvalue weighted by Gasteiger charge is 2.45. The van der Waals surface area contributed by atoms with Crippen molar-refractivity contribution in [3.05, 3.63) is 11.6 Å². The maximum atomic E-state index is 10.6. The summed E-state index contributed by atoms with van der Waals surface area (Å²) in [5, 5.41) is 10.6. The van der Waals surface area contributed by atoms with Crippen molar-refractivity contribution in [2.45, 2.75) is 138 Å². The first-order valence-corrected chi connectivity index (χ1v) is 14.5. The second kappa shape index (κ2) is 11.9. The monoisotopic (exact) mass is 444 g/mol. The summed E-state index contributed by atoms with van der Waals surface area (Å²) in [5.74, 6) is 6.43. The molecule has 3 aliphatic carbocycles. The van der Waals surface area contributed by atoms with Crippen molar-refractivity contribution in [2.75, 3.05) is 0 Å². The van der Waals surface area contributed by atoms with Gasteiger partial charge in [-0.3, -0.25) is 0 Å². The van der Waals surface area contributed by atoms with Crippen LogP contribution in [-0.4, -0.2) is 11.2 Å². The highest BCUT2D eigenvalue weighted by molar-refractivity contribution is 5.14. The average molecular weight is 445 g/mol. The fourth-order valence-corrected chi connectivity index (χ4v) is 7.69. The third-order valence-corrected chi connectivity index (χ3v) is 9.58. The van der Waals surface area contributed by atoms with Crippen LogP contribution in [0, 0.1) is 46.8 Å². The minimum atomic E-state index is -0.0991. The van der Waals surface area contributed by atoms with E-state index in [0.29, 0.717) is 11.3 Å². The Labute approximate surface area is 201 Å². The van der Waals surface area contributed by atoms with E-state index in [9.17, 15) is 5.11 Å². The van der Waals surface area contributed by atoms with E-state index >= 15 is 0 Å². The van der Waals surface area contributed by atoms with Crippen molar-refractivity contribution < 1.29 is 5.11 Å². The van der Waals surface area contributed by atoms with E-state index in [1.165, 1.54) is 70.6 Å². The average Bonchev–Trinajstić information content (AvgIpc) is 3.11. The third kappa shape index (κ3) is 7.61. The fraction of sp³-hybridized carbons (Fsp3) is 0.935. The van der Waals surface area contributed by atoms with Gasteiger partial charge < -0.3 is 5.11 Å². The lowest BCUT2D eigenvalue weighted by Crippen LogP contribution is -2.34. The van der Waals surface area contributed by atoms with E-state index in [2.05, 4.69) is 47.6 Å². The van der Waals surface area contributed by atoms with Crippen LogP contribution in [0.5, 0.6) is 0 Å². The Bertz CT molecular complexity index is 584. The van der Waals surface area contributed by atoms with Crippen LogP contribution in [-0.2, 0) is 0 Å². The lowest BCUT2D eigenvalue weighted by Gasteiger charge is -2.43. The van der Waals surface area contributed by atoms with Gasteiger partial charge in [-0.15, -0.1) is 0 Å². The summed E-state index contributed by atoms with van der Waals surface area (Å²) in [6.45, 7) is 14.3. The predicted molar refractivity (Wildman–Crippen MR) is 140 cm³/mol. The Kier molecular flexibility index (Phi) is 9.78. The van der Waals surface area contributed by atoms with Gasteiger partial charge in [-0.1, -0.05) is 78.9 Å². The molecule has 0 aromatic heterocycles. The molecule has 2 fully saturated rings. The van der Waals surface area contributed by atoms with Crippen LogP contribution in [0.15, 0.2) is 11.6 Å². The number of hydrogen-bond donors (Lipinski definition) is 1. The Balaban J connectivity index is 1.55. The van der Waals surface area contributed by atoms with Gasteiger partial charge in [0.2, 0.25) is 0 Å². The molecule has 0 aliphatic heterocycles. The van der Waals surface area contributed by atoms with Crippen molar-refractivity contribution in [3.63, 3.8) is 0 Å². The quantitative estimate of drug-likeness (QED) is 0.263. The van der Waals surface area contributed by atoms with E-state index in [0.717, 1.165) is 54.8 Å². The molecule has 186 valence electrons. The van der Waals surface area contributed by atoms with Crippen LogP contribution in [0.4, 0.5) is 0 Å². The zero-order valence-electron chi connectivity index (χ0n) is 22.5. The smallest absolute Gasteiger partial charge is 0.0543 e. The highest BCUT2D eigenvalue weighted by atomic mass is 16.3. The summed E-state index contributed by atoms with van der Waals surface area (Å²) in [7, 11) is 0. The maximum Gasteiger partial charge on any atom is 0.0543 e. The summed E-state index contributed by atoms with van der Waals surface area (Å²) in [4.78, 5) is 0. The molecule has 3 aliphatic rings. The van der Waals surface area contributed by atoms with Crippen molar-refractivity contribution in [1.29, 1.82) is 0 Å². The number of aliphatic hydroxyl groups excluding tert-OH is 1. The van der Waals surface area contributed by atoms with E-state index in [-0.39, 0.29) is 6.10 Å². The van der Waals surface area contributed by atoms with Gasteiger partial charge in [0.05, 0.1) is 6.10 Å². The molecule has 1 nitrogen and oxygen atoms in total. The van der Waals surface area contributed by atoms with Crippen LogP contribution in [0.3, 0.4) is 0 Å². The molecule has 0 aromatic carbocycles. The van der Waals surface area contributed by atoms with Crippen molar-refractivity contribution >= 4 is 0 Å². The number of unbranched alkanes of at least 4 members (excludes halogenated alkanes) is 2. The van der Waals surface area contributed by atoms with E-state index in [1.54, 1.807) is 0 Å². The van der Waals surface area contributed by atoms with E-state index in [1.807, 2.05) is 5.57 Å². The third-order valence-electron chi connectivity index (χ3n) is 9.58. The van der Waals surface area contributed by atoms with Gasteiger partial charge in [0.25, 0.3) is 0 Å². The second-order valence-electron chi connectivity index (χ2n) is 13.7. The Morgan fingerprint density at radius 2 is 1.84 bits per heavy atom. The first-order valence-electron chi connectivity index (χ1n) is 14.5. The zero-order chi connectivity index (χ0) is 23.3. The maximum absolute atomic E-state index is 10.6. The molecule has 1 N–H and O–H groups in total. The van der Waals surface area contributed by atoms with Crippen molar-refractivity contribution in [2.24, 2.45) is 46.8 Å².